The number of pyridine rings is 1. The summed E-state index contributed by atoms with van der Waals surface area (Å²) in [7, 11) is -3.64. The van der Waals surface area contributed by atoms with Crippen LogP contribution >= 0.6 is 0 Å². The van der Waals surface area contributed by atoms with Crippen molar-refractivity contribution in [3.63, 3.8) is 0 Å². The number of fused-ring (bicyclic) bond motifs is 1. The van der Waals surface area contributed by atoms with E-state index in [0.717, 1.165) is 48.5 Å². The molecule has 0 atom stereocenters. The zero-order valence-electron chi connectivity index (χ0n) is 17.3. The van der Waals surface area contributed by atoms with E-state index in [1.807, 2.05) is 36.4 Å². The number of aromatic nitrogens is 1. The second-order valence-corrected chi connectivity index (χ2v) is 9.51. The van der Waals surface area contributed by atoms with Crippen molar-refractivity contribution < 1.29 is 17.9 Å². The van der Waals surface area contributed by atoms with Crippen molar-refractivity contribution in [1.29, 1.82) is 0 Å². The average molecular weight is 440 g/mol. The number of nitrogens with one attached hydrogen (secondary N) is 1. The van der Waals surface area contributed by atoms with Crippen LogP contribution in [0.2, 0.25) is 0 Å². The lowest BCUT2D eigenvalue weighted by molar-refractivity contribution is 0.248. The van der Waals surface area contributed by atoms with Crippen molar-refractivity contribution in [3.8, 4) is 5.75 Å². The highest BCUT2D eigenvalue weighted by molar-refractivity contribution is 7.89. The Balaban J connectivity index is 1.47. The van der Waals surface area contributed by atoms with Gasteiger partial charge in [0.1, 0.15) is 12.4 Å². The summed E-state index contributed by atoms with van der Waals surface area (Å²) >= 11 is 0. The van der Waals surface area contributed by atoms with E-state index in [9.17, 15) is 13.2 Å². The first-order valence-corrected chi connectivity index (χ1v) is 12.2. The summed E-state index contributed by atoms with van der Waals surface area (Å²) in [5.41, 5.74) is 2.38. The monoisotopic (exact) mass is 439 g/mol. The summed E-state index contributed by atoms with van der Waals surface area (Å²) < 4.78 is 31.1. The van der Waals surface area contributed by atoms with E-state index in [0.29, 0.717) is 18.0 Å². The molecule has 4 rings (SSSR count). The molecule has 7 nitrogen and oxygen atoms in total. The number of anilines is 1. The molecule has 0 aliphatic heterocycles. The predicted octanol–water partition coefficient (Wildman–Crippen LogP) is 4.23. The molecule has 1 heterocycles. The van der Waals surface area contributed by atoms with E-state index in [-0.39, 0.29) is 6.04 Å². The maximum absolute atomic E-state index is 12.6. The van der Waals surface area contributed by atoms with Crippen molar-refractivity contribution in [2.24, 2.45) is 0 Å². The van der Waals surface area contributed by atoms with Gasteiger partial charge in [-0.05, 0) is 49.2 Å². The number of carbonyl (C=O) groups is 1. The zero-order chi connectivity index (χ0) is 21.8. The molecule has 0 bridgehead atoms. The van der Waals surface area contributed by atoms with Crippen molar-refractivity contribution in [1.82, 2.24) is 9.71 Å². The Bertz CT molecular complexity index is 1170. The van der Waals surface area contributed by atoms with Gasteiger partial charge >= 0.3 is 6.03 Å². The first-order valence-electron chi connectivity index (χ1n) is 10.3. The van der Waals surface area contributed by atoms with E-state index in [1.54, 1.807) is 29.2 Å². The molecule has 2 aromatic carbocycles. The average Bonchev–Trinajstić information content (AvgIpc) is 3.26. The normalized spacial score (nSPS) is 14.5. The second-order valence-electron chi connectivity index (χ2n) is 7.77. The number of nitrogens with zero attached hydrogens (tertiary/aromatic N) is 2. The van der Waals surface area contributed by atoms with Crippen LogP contribution in [0.1, 0.15) is 31.4 Å². The summed E-state index contributed by atoms with van der Waals surface area (Å²) in [6, 6.07) is 18.4. The third-order valence-electron chi connectivity index (χ3n) is 5.34. The van der Waals surface area contributed by atoms with Crippen LogP contribution in [0.15, 0.2) is 60.7 Å². The smallest absolute Gasteiger partial charge is 0.335 e. The summed E-state index contributed by atoms with van der Waals surface area (Å²) in [5.74, 6) is 0.647. The van der Waals surface area contributed by atoms with Gasteiger partial charge < -0.3 is 4.74 Å². The first kappa shape index (κ1) is 21.1. The van der Waals surface area contributed by atoms with Gasteiger partial charge in [-0.3, -0.25) is 4.90 Å². The number of rotatable bonds is 6. The molecule has 1 N–H and O–H groups in total. The van der Waals surface area contributed by atoms with Crippen molar-refractivity contribution in [2.45, 2.75) is 38.3 Å². The van der Waals surface area contributed by atoms with Gasteiger partial charge in [0.25, 0.3) is 0 Å². The Morgan fingerprint density at radius 2 is 1.77 bits per heavy atom. The van der Waals surface area contributed by atoms with E-state index < -0.39 is 16.1 Å². The fourth-order valence-electron chi connectivity index (χ4n) is 3.91. The van der Waals surface area contributed by atoms with Gasteiger partial charge in [-0.2, -0.15) is 0 Å². The van der Waals surface area contributed by atoms with Gasteiger partial charge in [-0.1, -0.05) is 37.1 Å². The van der Waals surface area contributed by atoms with E-state index >= 15 is 0 Å². The predicted molar refractivity (Wildman–Crippen MR) is 121 cm³/mol. The number of ether oxygens (including phenoxy) is 1. The molecule has 162 valence electrons. The number of hydrogen-bond donors (Lipinski definition) is 1. The molecule has 8 heteroatoms. The summed E-state index contributed by atoms with van der Waals surface area (Å²) in [6.45, 7) is 0.324. The fraction of sp³-hybridized carbons (Fsp3) is 0.304. The number of para-hydroxylation sites is 1. The van der Waals surface area contributed by atoms with Crippen molar-refractivity contribution in [3.05, 3.63) is 66.4 Å². The molecule has 1 aliphatic carbocycles. The minimum absolute atomic E-state index is 0.0182. The summed E-state index contributed by atoms with van der Waals surface area (Å²) in [6.07, 6.45) is 4.72. The Labute approximate surface area is 182 Å². The molecule has 0 unspecified atom stereocenters. The number of hydrogen-bond acceptors (Lipinski definition) is 5. The maximum Gasteiger partial charge on any atom is 0.335 e. The molecule has 2 amide bonds. The standard InChI is InChI=1S/C23H25N3O4S/c1-31(28,29)25-23(27)26(19-7-3-4-8-19)20-12-14-21(15-13-20)30-16-18-11-10-17-6-2-5-9-22(17)24-18/h2,5-6,9-15,19H,3-4,7-8,16H2,1H3,(H,25,27). The van der Waals surface area contributed by atoms with Crippen LogP contribution in [0.5, 0.6) is 5.75 Å². The molecular weight excluding hydrogens is 414 g/mol. The zero-order valence-corrected chi connectivity index (χ0v) is 18.1. The van der Waals surface area contributed by atoms with Gasteiger partial charge in [0.05, 0.1) is 17.5 Å². The van der Waals surface area contributed by atoms with Gasteiger partial charge in [-0.25, -0.2) is 22.9 Å². The van der Waals surface area contributed by atoms with Crippen LogP contribution in [-0.2, 0) is 16.6 Å². The molecule has 31 heavy (non-hydrogen) atoms. The Kier molecular flexibility index (Phi) is 6.08. The third-order valence-corrected chi connectivity index (χ3v) is 5.88. The molecule has 0 saturated heterocycles. The number of urea groups is 1. The van der Waals surface area contributed by atoms with Gasteiger partial charge in [0.2, 0.25) is 10.0 Å². The minimum atomic E-state index is -3.64. The number of benzene rings is 2. The minimum Gasteiger partial charge on any atom is -0.487 e. The largest absolute Gasteiger partial charge is 0.487 e. The lowest BCUT2D eigenvalue weighted by atomic mass is 10.2. The highest BCUT2D eigenvalue weighted by Crippen LogP contribution is 2.30. The van der Waals surface area contributed by atoms with Crippen LogP contribution in [0.25, 0.3) is 10.9 Å². The Morgan fingerprint density at radius 1 is 1.06 bits per heavy atom. The van der Waals surface area contributed by atoms with Gasteiger partial charge in [0.15, 0.2) is 0 Å². The van der Waals surface area contributed by atoms with Crippen molar-refractivity contribution in [2.75, 3.05) is 11.2 Å². The summed E-state index contributed by atoms with van der Waals surface area (Å²) in [5, 5.41) is 1.08. The second kappa shape index (κ2) is 8.93. The van der Waals surface area contributed by atoms with E-state index in [4.69, 9.17) is 4.74 Å². The number of amides is 2. The first-order chi connectivity index (χ1) is 14.9. The highest BCUT2D eigenvalue weighted by atomic mass is 32.2. The van der Waals surface area contributed by atoms with Crippen molar-refractivity contribution >= 4 is 32.6 Å². The van der Waals surface area contributed by atoms with E-state index in [2.05, 4.69) is 9.71 Å². The van der Waals surface area contributed by atoms with Crippen LogP contribution in [0.3, 0.4) is 0 Å². The quantitative estimate of drug-likeness (QED) is 0.621. The van der Waals surface area contributed by atoms with Gasteiger partial charge in [-0.15, -0.1) is 0 Å². The van der Waals surface area contributed by atoms with Gasteiger partial charge in [0, 0.05) is 17.1 Å². The van der Waals surface area contributed by atoms with Crippen LogP contribution in [-0.4, -0.2) is 31.7 Å². The molecule has 0 radical (unpaired) electrons. The molecule has 1 aliphatic rings. The molecule has 3 aromatic rings. The lowest BCUT2D eigenvalue weighted by Gasteiger charge is -2.29. The van der Waals surface area contributed by atoms with Crippen LogP contribution in [0.4, 0.5) is 10.5 Å². The maximum atomic E-state index is 12.6. The molecule has 0 spiro atoms. The highest BCUT2D eigenvalue weighted by Gasteiger charge is 2.29. The Morgan fingerprint density at radius 3 is 2.48 bits per heavy atom. The summed E-state index contributed by atoms with van der Waals surface area (Å²) in [4.78, 5) is 18.8. The molecular formula is C23H25N3O4S. The number of sulfonamides is 1. The third kappa shape index (κ3) is 5.32. The fourth-order valence-corrected chi connectivity index (χ4v) is 4.33. The van der Waals surface area contributed by atoms with E-state index in [1.165, 1.54) is 0 Å². The molecule has 1 saturated carbocycles. The topological polar surface area (TPSA) is 88.6 Å². The SMILES string of the molecule is CS(=O)(=O)NC(=O)N(c1ccc(OCc2ccc3ccccc3n2)cc1)C1CCCC1. The molecule has 1 aromatic heterocycles. The van der Waals surface area contributed by atoms with Crippen LogP contribution < -0.4 is 14.4 Å². The lowest BCUT2D eigenvalue weighted by Crippen LogP contribution is -2.47. The Hall–Kier alpha value is -3.13. The van der Waals surface area contributed by atoms with Crippen LogP contribution in [0, 0.1) is 0 Å². The number of carbonyl (C=O) groups excluding carboxylic acids is 1. The molecule has 1 fully saturated rings.